The number of hydrogen-bond donors (Lipinski definition) is 0. The number of piperazine rings is 1. The van der Waals surface area contributed by atoms with Crippen molar-refractivity contribution in [3.63, 3.8) is 0 Å². The highest BCUT2D eigenvalue weighted by atomic mass is 15.3. The van der Waals surface area contributed by atoms with Gasteiger partial charge in [-0.25, -0.2) is 0 Å². The highest BCUT2D eigenvalue weighted by molar-refractivity contribution is 5.23. The highest BCUT2D eigenvalue weighted by Gasteiger charge is 2.27. The number of likely N-dealkylation sites (tertiary alicyclic amines) is 3. The van der Waals surface area contributed by atoms with E-state index in [0.717, 1.165) is 65.7 Å². The maximum atomic E-state index is 4.40. The van der Waals surface area contributed by atoms with E-state index in [4.69, 9.17) is 0 Å². The first-order valence-electron chi connectivity index (χ1n) is 29.8. The number of aromatic nitrogens is 2. The van der Waals surface area contributed by atoms with E-state index in [-0.39, 0.29) is 0 Å². The molecule has 4 aliphatic rings. The Labute approximate surface area is 444 Å². The lowest BCUT2D eigenvalue weighted by Gasteiger charge is -2.38. The Hall–Kier alpha value is -1.90. The van der Waals surface area contributed by atoms with Crippen molar-refractivity contribution in [1.29, 1.82) is 0 Å². The van der Waals surface area contributed by atoms with E-state index < -0.39 is 0 Å². The van der Waals surface area contributed by atoms with Crippen LogP contribution in [-0.2, 0) is 0 Å². The molecule has 4 saturated heterocycles. The van der Waals surface area contributed by atoms with Crippen molar-refractivity contribution in [3.05, 3.63) is 59.2 Å². The van der Waals surface area contributed by atoms with Crippen LogP contribution in [0.1, 0.15) is 244 Å². The van der Waals surface area contributed by atoms with E-state index in [9.17, 15) is 0 Å². The van der Waals surface area contributed by atoms with Gasteiger partial charge in [0.1, 0.15) is 0 Å². The molecule has 6 rings (SSSR count). The number of rotatable bonds is 12. The first kappa shape index (κ1) is 67.1. The van der Waals surface area contributed by atoms with Crippen LogP contribution in [-0.4, -0.2) is 130 Å². The number of piperidine rings is 2. The fourth-order valence-electron chi connectivity index (χ4n) is 9.96. The molecule has 2 aromatic heterocycles. The molecule has 7 nitrogen and oxygen atoms in total. The lowest BCUT2D eigenvalue weighted by molar-refractivity contribution is 0.0887. The lowest BCUT2D eigenvalue weighted by atomic mass is 9.86. The molecule has 0 spiro atoms. The molecule has 0 bridgehead atoms. The molecule has 0 amide bonds. The van der Waals surface area contributed by atoms with E-state index in [1.165, 1.54) is 120 Å². The van der Waals surface area contributed by atoms with E-state index in [2.05, 4.69) is 219 Å². The molecule has 71 heavy (non-hydrogen) atoms. The quantitative estimate of drug-likeness (QED) is 0.210. The van der Waals surface area contributed by atoms with Gasteiger partial charge in [-0.1, -0.05) is 109 Å². The first-order valence-corrected chi connectivity index (χ1v) is 29.8. The third-order valence-corrected chi connectivity index (χ3v) is 16.3. The third-order valence-electron chi connectivity index (χ3n) is 16.3. The minimum atomic E-state index is 0.534. The second-order valence-corrected chi connectivity index (χ2v) is 25.8. The summed E-state index contributed by atoms with van der Waals surface area (Å²) in [6, 6.07) is 10.2. The predicted octanol–water partition coefficient (Wildman–Crippen LogP) is 16.0. The van der Waals surface area contributed by atoms with E-state index in [1.54, 1.807) is 0 Å². The summed E-state index contributed by atoms with van der Waals surface area (Å²) in [5, 5.41) is 0. The van der Waals surface area contributed by atoms with Gasteiger partial charge in [0, 0.05) is 93.8 Å². The van der Waals surface area contributed by atoms with Gasteiger partial charge in [0.25, 0.3) is 0 Å². The van der Waals surface area contributed by atoms with Crippen molar-refractivity contribution in [1.82, 2.24) is 34.5 Å². The lowest BCUT2D eigenvalue weighted by Crippen LogP contribution is -2.50. The molecule has 0 aromatic carbocycles. The van der Waals surface area contributed by atoms with Crippen LogP contribution in [0.3, 0.4) is 0 Å². The fourth-order valence-corrected chi connectivity index (χ4v) is 9.96. The van der Waals surface area contributed by atoms with Crippen molar-refractivity contribution in [2.75, 3.05) is 65.4 Å². The standard InChI is InChI=1S/C11H17N.C11H23N.C11H17N.C11H23N.C10H22N2.C10H21N/c1-8(2)10-5-11(9(3)4)7-12-6-10;1-9(2)11-5-7-12(8-6-11)10(3)4;1-8(2)10-5-6-11(9(3)4)12-7-10;1-9(2)11-6-5-7-12(8-11)10(3)4;1-9(2)11-5-7-12(8-6-11)10(3)4;1-8(2)10-5-6-11(7-10)9(3)4/h5-9H,1-4H3;9-11H,5-8H2,1-4H3;5-9H,1-4H3;9-11H,5-8H2,1-4H3;9-10H,5-8H2,1-4H3;8-10H,5-7H2,1-4H3. The summed E-state index contributed by atoms with van der Waals surface area (Å²) >= 11 is 0. The Kier molecular flexibility index (Phi) is 33.4. The molecule has 4 aliphatic heterocycles. The maximum Gasteiger partial charge on any atom is 0.0429 e. The van der Waals surface area contributed by atoms with Gasteiger partial charge in [-0.15, -0.1) is 0 Å². The molecule has 6 heterocycles. The highest BCUT2D eigenvalue weighted by Crippen LogP contribution is 2.27. The minimum Gasteiger partial charge on any atom is -0.301 e. The SMILES string of the molecule is CC(C)C1CCCN(C(C)C)C1.CC(C)C1CCN(C(C)C)C1.CC(C)C1CCN(C(C)C)CC1.CC(C)N1CCN(C(C)C)CC1.CC(C)c1ccc(C(C)C)nc1.CC(C)c1cncc(C(C)C)c1. The van der Waals surface area contributed by atoms with Crippen LogP contribution in [0.25, 0.3) is 0 Å². The van der Waals surface area contributed by atoms with Gasteiger partial charge in [-0.3, -0.25) is 19.8 Å². The van der Waals surface area contributed by atoms with Gasteiger partial charge >= 0.3 is 0 Å². The van der Waals surface area contributed by atoms with Crippen LogP contribution < -0.4 is 0 Å². The monoisotopic (exact) mass is 990 g/mol. The van der Waals surface area contributed by atoms with Crippen molar-refractivity contribution < 1.29 is 0 Å². The van der Waals surface area contributed by atoms with Crippen LogP contribution in [0.15, 0.2) is 36.8 Å². The summed E-state index contributed by atoms with van der Waals surface area (Å²) in [4.78, 5) is 21.5. The van der Waals surface area contributed by atoms with E-state index in [0.29, 0.717) is 23.7 Å². The number of pyridine rings is 2. The zero-order chi connectivity index (χ0) is 54.1. The summed E-state index contributed by atoms with van der Waals surface area (Å²) in [7, 11) is 0. The molecule has 7 heteroatoms. The third kappa shape index (κ3) is 26.9. The topological polar surface area (TPSA) is 42.0 Å². The Morgan fingerprint density at radius 3 is 1.01 bits per heavy atom. The molecular formula is C64H123N7. The molecule has 4 fully saturated rings. The summed E-state index contributed by atoms with van der Waals surface area (Å²) in [5.74, 6) is 7.79. The molecule has 0 saturated carbocycles. The van der Waals surface area contributed by atoms with Crippen molar-refractivity contribution in [3.8, 4) is 0 Å². The summed E-state index contributed by atoms with van der Waals surface area (Å²) in [6.07, 6.45) is 13.0. The van der Waals surface area contributed by atoms with Gasteiger partial charge in [-0.05, 0) is 209 Å². The van der Waals surface area contributed by atoms with Crippen molar-refractivity contribution in [2.24, 2.45) is 35.5 Å². The zero-order valence-corrected chi connectivity index (χ0v) is 51.9. The Balaban J connectivity index is 0.000000426. The minimum absolute atomic E-state index is 0.534. The van der Waals surface area contributed by atoms with Gasteiger partial charge in [0.05, 0.1) is 0 Å². The van der Waals surface area contributed by atoms with E-state index >= 15 is 0 Å². The van der Waals surface area contributed by atoms with E-state index in [1.807, 2.05) is 18.6 Å². The molecule has 2 aromatic rings. The predicted molar refractivity (Wildman–Crippen MR) is 316 cm³/mol. The molecule has 0 radical (unpaired) electrons. The Morgan fingerprint density at radius 1 is 0.352 bits per heavy atom. The van der Waals surface area contributed by atoms with Crippen LogP contribution in [0.2, 0.25) is 0 Å². The zero-order valence-electron chi connectivity index (χ0n) is 51.9. The molecular weight excluding hydrogens is 867 g/mol. The van der Waals surface area contributed by atoms with Crippen LogP contribution in [0.4, 0.5) is 0 Å². The normalized spacial score (nSPS) is 20.2. The van der Waals surface area contributed by atoms with Crippen molar-refractivity contribution in [2.45, 2.75) is 252 Å². The summed E-state index contributed by atoms with van der Waals surface area (Å²) in [5.41, 5.74) is 5.17. The average Bonchev–Trinajstić information content (AvgIpc) is 3.85. The Bertz CT molecular complexity index is 1430. The molecule has 0 N–H and O–H groups in total. The molecule has 414 valence electrons. The van der Waals surface area contributed by atoms with Crippen LogP contribution in [0.5, 0.6) is 0 Å². The van der Waals surface area contributed by atoms with Gasteiger partial charge < -0.3 is 14.7 Å². The molecule has 0 aliphatic carbocycles. The molecule has 2 unspecified atom stereocenters. The number of nitrogens with zero attached hydrogens (tertiary/aromatic N) is 7. The smallest absolute Gasteiger partial charge is 0.0429 e. The first-order chi connectivity index (χ1) is 33.2. The number of hydrogen-bond acceptors (Lipinski definition) is 7. The average molecular weight is 991 g/mol. The summed E-state index contributed by atoms with van der Waals surface area (Å²) < 4.78 is 0. The van der Waals surface area contributed by atoms with Gasteiger partial charge in [-0.2, -0.15) is 0 Å². The van der Waals surface area contributed by atoms with Crippen LogP contribution in [0, 0.1) is 35.5 Å². The fraction of sp³-hybridized carbons (Fsp3) is 0.844. The van der Waals surface area contributed by atoms with Crippen molar-refractivity contribution >= 4 is 0 Å². The maximum absolute atomic E-state index is 4.40. The molecule has 2 atom stereocenters. The second-order valence-electron chi connectivity index (χ2n) is 25.8. The summed E-state index contributed by atoms with van der Waals surface area (Å²) in [6.45, 7) is 67.5. The van der Waals surface area contributed by atoms with Gasteiger partial charge in [0.15, 0.2) is 0 Å². The largest absolute Gasteiger partial charge is 0.301 e. The second kappa shape index (κ2) is 35.4. The Morgan fingerprint density at radius 2 is 0.704 bits per heavy atom. The van der Waals surface area contributed by atoms with Gasteiger partial charge in [0.2, 0.25) is 0 Å². The van der Waals surface area contributed by atoms with Crippen LogP contribution >= 0.6 is 0 Å².